The summed E-state index contributed by atoms with van der Waals surface area (Å²) in [6.07, 6.45) is 4.11. The number of thiazole rings is 1. The maximum absolute atomic E-state index is 12.5. The Morgan fingerprint density at radius 2 is 2.22 bits per heavy atom. The lowest BCUT2D eigenvalue weighted by Gasteiger charge is -2.32. The molecule has 142 valence electrons. The third-order valence-corrected chi connectivity index (χ3v) is 6.76. The molecule has 1 aromatic carbocycles. The lowest BCUT2D eigenvalue weighted by molar-refractivity contribution is 0.0927. The number of aryl methyl sites for hydroxylation is 2. The number of thioether (sulfide) groups is 1. The lowest BCUT2D eigenvalue weighted by Crippen LogP contribution is -2.47. The molecule has 1 N–H and O–H groups in total. The van der Waals surface area contributed by atoms with Gasteiger partial charge >= 0.3 is 0 Å². The standard InChI is InChI=1S/C19H23N5OS2/c1-12-9-16(22-23(12)2)18(25)20-13-5-4-8-24(11-13)19-21-15-7-6-14(26-3)10-17(15)27-19/h6-7,9-10,13H,4-5,8,11H2,1-3H3,(H,20,25). The van der Waals surface area contributed by atoms with Crippen molar-refractivity contribution in [2.45, 2.75) is 30.7 Å². The quantitative estimate of drug-likeness (QED) is 0.679. The summed E-state index contributed by atoms with van der Waals surface area (Å²) >= 11 is 3.48. The van der Waals surface area contributed by atoms with Crippen molar-refractivity contribution in [3.63, 3.8) is 0 Å². The van der Waals surface area contributed by atoms with Gasteiger partial charge in [-0.3, -0.25) is 9.48 Å². The van der Waals surface area contributed by atoms with E-state index in [-0.39, 0.29) is 11.9 Å². The van der Waals surface area contributed by atoms with Gasteiger partial charge in [-0.05, 0) is 50.3 Å². The minimum Gasteiger partial charge on any atom is -0.346 e. The van der Waals surface area contributed by atoms with Crippen molar-refractivity contribution >= 4 is 44.4 Å². The molecule has 2 aromatic heterocycles. The van der Waals surface area contributed by atoms with Crippen LogP contribution in [0.15, 0.2) is 29.2 Å². The van der Waals surface area contributed by atoms with Crippen LogP contribution in [0.5, 0.6) is 0 Å². The SMILES string of the molecule is CSc1ccc2nc(N3CCCC(NC(=O)c4cc(C)n(C)n4)C3)sc2c1. The first kappa shape index (κ1) is 18.3. The van der Waals surface area contributed by atoms with Crippen LogP contribution in [0.3, 0.4) is 0 Å². The van der Waals surface area contributed by atoms with E-state index in [9.17, 15) is 4.79 Å². The van der Waals surface area contributed by atoms with Gasteiger partial charge in [0.15, 0.2) is 5.13 Å². The molecular weight excluding hydrogens is 378 g/mol. The number of piperidine rings is 1. The molecule has 1 fully saturated rings. The molecule has 1 unspecified atom stereocenters. The van der Waals surface area contributed by atoms with Gasteiger partial charge in [0.1, 0.15) is 5.69 Å². The summed E-state index contributed by atoms with van der Waals surface area (Å²) in [7, 11) is 1.85. The summed E-state index contributed by atoms with van der Waals surface area (Å²) in [4.78, 5) is 20.9. The number of fused-ring (bicyclic) bond motifs is 1. The van der Waals surface area contributed by atoms with E-state index in [0.29, 0.717) is 5.69 Å². The van der Waals surface area contributed by atoms with E-state index >= 15 is 0 Å². The number of hydrogen-bond donors (Lipinski definition) is 1. The van der Waals surface area contributed by atoms with Gasteiger partial charge in [0, 0.05) is 36.8 Å². The van der Waals surface area contributed by atoms with Crippen molar-refractivity contribution in [1.29, 1.82) is 0 Å². The highest BCUT2D eigenvalue weighted by Crippen LogP contribution is 2.32. The number of aromatic nitrogens is 3. The van der Waals surface area contributed by atoms with Gasteiger partial charge in [0.2, 0.25) is 0 Å². The number of hydrogen-bond acceptors (Lipinski definition) is 6. The number of benzene rings is 1. The monoisotopic (exact) mass is 401 g/mol. The molecule has 0 spiro atoms. The van der Waals surface area contributed by atoms with Crippen molar-refractivity contribution in [3.8, 4) is 0 Å². The van der Waals surface area contributed by atoms with Crippen LogP contribution >= 0.6 is 23.1 Å². The maximum atomic E-state index is 12.5. The minimum atomic E-state index is -0.0977. The fourth-order valence-corrected chi connectivity index (χ4v) is 4.91. The van der Waals surface area contributed by atoms with Crippen molar-refractivity contribution in [2.24, 2.45) is 7.05 Å². The van der Waals surface area contributed by atoms with Crippen molar-refractivity contribution in [3.05, 3.63) is 35.7 Å². The van der Waals surface area contributed by atoms with E-state index < -0.39 is 0 Å². The van der Waals surface area contributed by atoms with Crippen LogP contribution < -0.4 is 10.2 Å². The molecule has 1 amide bonds. The summed E-state index contributed by atoms with van der Waals surface area (Å²) in [5.41, 5.74) is 2.50. The highest BCUT2D eigenvalue weighted by atomic mass is 32.2. The molecule has 8 heteroatoms. The van der Waals surface area contributed by atoms with E-state index in [4.69, 9.17) is 4.98 Å². The van der Waals surface area contributed by atoms with Gasteiger partial charge in [-0.25, -0.2) is 4.98 Å². The molecule has 1 atom stereocenters. The number of amides is 1. The van der Waals surface area contributed by atoms with Crippen molar-refractivity contribution in [2.75, 3.05) is 24.2 Å². The fourth-order valence-electron chi connectivity index (χ4n) is 3.35. The molecule has 27 heavy (non-hydrogen) atoms. The Morgan fingerprint density at radius 3 is 2.96 bits per heavy atom. The van der Waals surface area contributed by atoms with Gasteiger partial charge in [-0.15, -0.1) is 11.8 Å². The smallest absolute Gasteiger partial charge is 0.272 e. The predicted octanol–water partition coefficient (Wildman–Crippen LogP) is 3.46. The van der Waals surface area contributed by atoms with Crippen LogP contribution in [-0.2, 0) is 7.05 Å². The number of nitrogens with one attached hydrogen (secondary N) is 1. The Hall–Kier alpha value is -2.06. The van der Waals surface area contributed by atoms with Crippen LogP contribution in [0.1, 0.15) is 29.0 Å². The number of rotatable bonds is 4. The minimum absolute atomic E-state index is 0.0977. The molecule has 0 bridgehead atoms. The van der Waals surface area contributed by atoms with Gasteiger partial charge < -0.3 is 10.2 Å². The molecule has 1 aliphatic rings. The first-order valence-corrected chi connectivity index (χ1v) is 11.1. The zero-order valence-corrected chi connectivity index (χ0v) is 17.4. The zero-order chi connectivity index (χ0) is 19.0. The van der Waals surface area contributed by atoms with Crippen LogP contribution in [0.4, 0.5) is 5.13 Å². The molecule has 1 aliphatic heterocycles. The molecule has 3 aromatic rings. The first-order chi connectivity index (χ1) is 13.0. The van der Waals surface area contributed by atoms with Gasteiger partial charge in [-0.2, -0.15) is 5.10 Å². The fraction of sp³-hybridized carbons (Fsp3) is 0.421. The first-order valence-electron chi connectivity index (χ1n) is 9.04. The lowest BCUT2D eigenvalue weighted by atomic mass is 10.1. The third kappa shape index (κ3) is 3.82. The summed E-state index contributed by atoms with van der Waals surface area (Å²) in [6, 6.07) is 8.35. The van der Waals surface area contributed by atoms with Gasteiger partial charge in [-0.1, -0.05) is 11.3 Å². The number of carbonyl (C=O) groups excluding carboxylic acids is 1. The van der Waals surface area contributed by atoms with E-state index in [1.807, 2.05) is 20.0 Å². The van der Waals surface area contributed by atoms with Crippen molar-refractivity contribution < 1.29 is 4.79 Å². The third-order valence-electron chi connectivity index (χ3n) is 4.96. The van der Waals surface area contributed by atoms with Gasteiger partial charge in [0.25, 0.3) is 5.91 Å². The molecule has 0 radical (unpaired) electrons. The van der Waals surface area contributed by atoms with E-state index in [1.165, 1.54) is 9.60 Å². The highest BCUT2D eigenvalue weighted by Gasteiger charge is 2.25. The summed E-state index contributed by atoms with van der Waals surface area (Å²) in [6.45, 7) is 3.71. The van der Waals surface area contributed by atoms with E-state index in [2.05, 4.69) is 39.8 Å². The average Bonchev–Trinajstić information content (AvgIpc) is 3.24. The van der Waals surface area contributed by atoms with E-state index in [0.717, 1.165) is 42.3 Å². The zero-order valence-electron chi connectivity index (χ0n) is 15.7. The molecule has 4 rings (SSSR count). The van der Waals surface area contributed by atoms with Gasteiger partial charge in [0.05, 0.1) is 10.2 Å². The second kappa shape index (κ2) is 7.52. The molecule has 6 nitrogen and oxygen atoms in total. The van der Waals surface area contributed by atoms with Crippen LogP contribution in [0, 0.1) is 6.92 Å². The Labute approximate surface area is 167 Å². The topological polar surface area (TPSA) is 63.1 Å². The normalized spacial score (nSPS) is 17.4. The predicted molar refractivity (Wildman–Crippen MR) is 112 cm³/mol. The number of anilines is 1. The van der Waals surface area contributed by atoms with Crippen molar-refractivity contribution in [1.82, 2.24) is 20.1 Å². The second-order valence-corrected chi connectivity index (χ2v) is 8.77. The Kier molecular flexibility index (Phi) is 5.10. The Bertz CT molecular complexity index is 960. The number of nitrogens with zero attached hydrogens (tertiary/aromatic N) is 4. The van der Waals surface area contributed by atoms with Crippen LogP contribution in [-0.4, -0.2) is 46.1 Å². The molecule has 0 saturated carbocycles. The van der Waals surface area contributed by atoms with E-state index in [1.54, 1.807) is 27.8 Å². The Balaban J connectivity index is 1.47. The molecule has 1 saturated heterocycles. The van der Waals surface area contributed by atoms with Crippen LogP contribution in [0.2, 0.25) is 0 Å². The molecular formula is C19H23N5OS2. The summed E-state index contributed by atoms with van der Waals surface area (Å²) < 4.78 is 2.94. The van der Waals surface area contributed by atoms with Crippen LogP contribution in [0.25, 0.3) is 10.2 Å². The summed E-state index contributed by atoms with van der Waals surface area (Å²) in [5, 5.41) is 8.46. The number of carbonyl (C=O) groups is 1. The molecule has 3 heterocycles. The average molecular weight is 402 g/mol. The highest BCUT2D eigenvalue weighted by molar-refractivity contribution is 7.98. The molecule has 0 aliphatic carbocycles. The Morgan fingerprint density at radius 1 is 1.37 bits per heavy atom. The second-order valence-electron chi connectivity index (χ2n) is 6.88. The maximum Gasteiger partial charge on any atom is 0.272 e. The largest absolute Gasteiger partial charge is 0.346 e. The summed E-state index contributed by atoms with van der Waals surface area (Å²) in [5.74, 6) is -0.0977.